The summed E-state index contributed by atoms with van der Waals surface area (Å²) in [5.74, 6) is -0.170. The fourth-order valence-electron chi connectivity index (χ4n) is 2.06. The Hall–Kier alpha value is -2.53. The minimum absolute atomic E-state index is 0.150. The van der Waals surface area contributed by atoms with Crippen LogP contribution < -0.4 is 15.4 Å². The Morgan fingerprint density at radius 1 is 1.17 bits per heavy atom. The predicted octanol–water partition coefficient (Wildman–Crippen LogP) is 3.03. The zero-order chi connectivity index (χ0) is 16.8. The lowest BCUT2D eigenvalue weighted by Crippen LogP contribution is -2.33. The second-order valence-corrected chi connectivity index (χ2v) is 5.33. The third-order valence-electron chi connectivity index (χ3n) is 3.23. The number of benzene rings is 2. The molecule has 0 spiro atoms. The molecule has 0 saturated carbocycles. The number of aryl methyl sites for hydroxylation is 1. The van der Waals surface area contributed by atoms with Crippen LogP contribution in [0.3, 0.4) is 0 Å². The minimum Gasteiger partial charge on any atom is -0.495 e. The second kappa shape index (κ2) is 7.65. The first-order valence-corrected chi connectivity index (χ1v) is 7.36. The summed E-state index contributed by atoms with van der Waals surface area (Å²) in [4.78, 5) is 24.1. The van der Waals surface area contributed by atoms with Gasteiger partial charge in [0.05, 0.1) is 19.3 Å². The maximum Gasteiger partial charge on any atom is 0.251 e. The minimum atomic E-state index is -0.368. The summed E-state index contributed by atoms with van der Waals surface area (Å²) >= 11 is 5.91. The zero-order valence-corrected chi connectivity index (χ0v) is 13.6. The van der Waals surface area contributed by atoms with Crippen molar-refractivity contribution in [1.29, 1.82) is 0 Å². The SMILES string of the molecule is COc1ccc(Cl)cc1NC(=O)CNC(=O)c1ccccc1C. The summed E-state index contributed by atoms with van der Waals surface area (Å²) in [5, 5.41) is 5.72. The molecule has 0 radical (unpaired) electrons. The second-order valence-electron chi connectivity index (χ2n) is 4.89. The molecular formula is C17H17ClN2O3. The van der Waals surface area contributed by atoms with Crippen LogP contribution in [0.5, 0.6) is 5.75 Å². The van der Waals surface area contributed by atoms with Crippen molar-refractivity contribution in [2.75, 3.05) is 19.0 Å². The van der Waals surface area contributed by atoms with Gasteiger partial charge in [-0.25, -0.2) is 0 Å². The Labute approximate surface area is 139 Å². The number of methoxy groups -OCH3 is 1. The van der Waals surface area contributed by atoms with E-state index in [0.717, 1.165) is 5.56 Å². The molecule has 0 bridgehead atoms. The van der Waals surface area contributed by atoms with E-state index in [1.807, 2.05) is 19.1 Å². The molecule has 0 aromatic heterocycles. The lowest BCUT2D eigenvalue weighted by atomic mass is 10.1. The molecule has 0 aliphatic carbocycles. The Morgan fingerprint density at radius 2 is 1.91 bits per heavy atom. The van der Waals surface area contributed by atoms with Crippen LogP contribution in [0.1, 0.15) is 15.9 Å². The highest BCUT2D eigenvalue weighted by molar-refractivity contribution is 6.31. The zero-order valence-electron chi connectivity index (χ0n) is 12.9. The van der Waals surface area contributed by atoms with Crippen molar-refractivity contribution in [3.8, 4) is 5.75 Å². The molecule has 23 heavy (non-hydrogen) atoms. The molecule has 0 aliphatic heterocycles. The Balaban J connectivity index is 1.97. The van der Waals surface area contributed by atoms with Crippen LogP contribution in [0.2, 0.25) is 5.02 Å². The van der Waals surface area contributed by atoms with Crippen LogP contribution >= 0.6 is 11.6 Å². The normalized spacial score (nSPS) is 10.0. The molecule has 2 aromatic rings. The highest BCUT2D eigenvalue weighted by Crippen LogP contribution is 2.27. The average molecular weight is 333 g/mol. The standard InChI is InChI=1S/C17H17ClN2O3/c1-11-5-3-4-6-13(11)17(22)19-10-16(21)20-14-9-12(18)7-8-15(14)23-2/h3-9H,10H2,1-2H3,(H,19,22)(H,20,21). The fourth-order valence-corrected chi connectivity index (χ4v) is 2.23. The van der Waals surface area contributed by atoms with E-state index in [9.17, 15) is 9.59 Å². The van der Waals surface area contributed by atoms with Crippen molar-refractivity contribution in [3.05, 3.63) is 58.6 Å². The highest BCUT2D eigenvalue weighted by atomic mass is 35.5. The number of hydrogen-bond donors (Lipinski definition) is 2. The summed E-state index contributed by atoms with van der Waals surface area (Å²) < 4.78 is 5.15. The van der Waals surface area contributed by atoms with Gasteiger partial charge >= 0.3 is 0 Å². The molecule has 0 fully saturated rings. The van der Waals surface area contributed by atoms with Gasteiger partial charge in [0.25, 0.3) is 5.91 Å². The van der Waals surface area contributed by atoms with Gasteiger partial charge in [0.15, 0.2) is 0 Å². The quantitative estimate of drug-likeness (QED) is 0.884. The molecule has 6 heteroatoms. The first-order valence-electron chi connectivity index (χ1n) is 6.98. The molecule has 2 aromatic carbocycles. The van der Waals surface area contributed by atoms with E-state index in [1.54, 1.807) is 30.3 Å². The number of nitrogens with one attached hydrogen (secondary N) is 2. The van der Waals surface area contributed by atoms with E-state index >= 15 is 0 Å². The molecule has 0 aliphatic rings. The van der Waals surface area contributed by atoms with Crippen molar-refractivity contribution in [2.24, 2.45) is 0 Å². The molecular weight excluding hydrogens is 316 g/mol. The molecule has 0 unspecified atom stereocenters. The van der Waals surface area contributed by atoms with Gasteiger partial charge in [-0.05, 0) is 36.8 Å². The van der Waals surface area contributed by atoms with E-state index in [-0.39, 0.29) is 18.4 Å². The molecule has 0 atom stereocenters. The first-order chi connectivity index (χ1) is 11.0. The van der Waals surface area contributed by atoms with Crippen molar-refractivity contribution in [2.45, 2.75) is 6.92 Å². The maximum atomic E-state index is 12.1. The van der Waals surface area contributed by atoms with Crippen molar-refractivity contribution in [3.63, 3.8) is 0 Å². The smallest absolute Gasteiger partial charge is 0.251 e. The Kier molecular flexibility index (Phi) is 5.60. The van der Waals surface area contributed by atoms with Gasteiger partial charge in [-0.2, -0.15) is 0 Å². The van der Waals surface area contributed by atoms with E-state index in [1.165, 1.54) is 7.11 Å². The highest BCUT2D eigenvalue weighted by Gasteiger charge is 2.12. The maximum absolute atomic E-state index is 12.1. The van der Waals surface area contributed by atoms with Gasteiger partial charge in [-0.15, -0.1) is 0 Å². The van der Waals surface area contributed by atoms with Gasteiger partial charge in [-0.3, -0.25) is 9.59 Å². The van der Waals surface area contributed by atoms with Gasteiger partial charge in [0.2, 0.25) is 5.91 Å². The van der Waals surface area contributed by atoms with E-state index < -0.39 is 0 Å². The number of amides is 2. The van der Waals surface area contributed by atoms with Crippen molar-refractivity contribution in [1.82, 2.24) is 5.32 Å². The predicted molar refractivity (Wildman–Crippen MR) is 90.1 cm³/mol. The number of carbonyl (C=O) groups excluding carboxylic acids is 2. The number of anilines is 1. The molecule has 2 N–H and O–H groups in total. The van der Waals surface area contributed by atoms with E-state index in [2.05, 4.69) is 10.6 Å². The van der Waals surface area contributed by atoms with Gasteiger partial charge in [-0.1, -0.05) is 29.8 Å². The Morgan fingerprint density at radius 3 is 2.61 bits per heavy atom. The summed E-state index contributed by atoms with van der Waals surface area (Å²) in [6, 6.07) is 12.1. The van der Waals surface area contributed by atoms with E-state index in [4.69, 9.17) is 16.3 Å². The van der Waals surface area contributed by atoms with Crippen molar-refractivity contribution >= 4 is 29.1 Å². The third kappa shape index (κ3) is 4.47. The molecule has 2 rings (SSSR count). The lowest BCUT2D eigenvalue weighted by Gasteiger charge is -2.11. The summed E-state index contributed by atoms with van der Waals surface area (Å²) in [5.41, 5.74) is 1.85. The number of hydrogen-bond acceptors (Lipinski definition) is 3. The largest absolute Gasteiger partial charge is 0.495 e. The summed E-state index contributed by atoms with van der Waals surface area (Å²) in [7, 11) is 1.50. The fraction of sp³-hybridized carbons (Fsp3) is 0.176. The average Bonchev–Trinajstić information content (AvgIpc) is 2.53. The molecule has 120 valence electrons. The third-order valence-corrected chi connectivity index (χ3v) is 3.47. The van der Waals surface area contributed by atoms with Crippen LogP contribution in [0, 0.1) is 6.92 Å². The van der Waals surface area contributed by atoms with Gasteiger partial charge in [0.1, 0.15) is 5.75 Å². The Bertz CT molecular complexity index is 732. The van der Waals surface area contributed by atoms with Gasteiger partial charge in [0, 0.05) is 10.6 Å². The van der Waals surface area contributed by atoms with Crippen LogP contribution in [0.25, 0.3) is 0 Å². The van der Waals surface area contributed by atoms with Crippen LogP contribution in [-0.4, -0.2) is 25.5 Å². The number of halogens is 1. The monoisotopic (exact) mass is 332 g/mol. The van der Waals surface area contributed by atoms with E-state index in [0.29, 0.717) is 22.0 Å². The number of rotatable bonds is 5. The molecule has 0 heterocycles. The lowest BCUT2D eigenvalue weighted by molar-refractivity contribution is -0.115. The van der Waals surface area contributed by atoms with Crippen molar-refractivity contribution < 1.29 is 14.3 Å². The number of ether oxygens (including phenoxy) is 1. The van der Waals surface area contributed by atoms with Gasteiger partial charge < -0.3 is 15.4 Å². The van der Waals surface area contributed by atoms with Crippen LogP contribution in [0.15, 0.2) is 42.5 Å². The molecule has 2 amide bonds. The molecule has 0 saturated heterocycles. The van der Waals surface area contributed by atoms with Crippen LogP contribution in [-0.2, 0) is 4.79 Å². The molecule has 5 nitrogen and oxygen atoms in total. The summed E-state index contributed by atoms with van der Waals surface area (Å²) in [6.45, 7) is 1.69. The topological polar surface area (TPSA) is 67.4 Å². The number of carbonyl (C=O) groups is 2. The first kappa shape index (κ1) is 16.8. The van der Waals surface area contributed by atoms with Crippen LogP contribution in [0.4, 0.5) is 5.69 Å². The summed E-state index contributed by atoms with van der Waals surface area (Å²) in [6.07, 6.45) is 0.